The van der Waals surface area contributed by atoms with Gasteiger partial charge in [0.25, 0.3) is 0 Å². The summed E-state index contributed by atoms with van der Waals surface area (Å²) in [5, 5.41) is 6.16. The topological polar surface area (TPSA) is 50.4 Å². The molecule has 1 fully saturated rings. The molecule has 0 bridgehead atoms. The molecule has 1 aromatic rings. The molecule has 2 N–H and O–H groups in total. The molecule has 0 unspecified atom stereocenters. The Hall–Kier alpha value is -1.26. The Kier molecular flexibility index (Phi) is 4.23. The number of rotatable bonds is 3. The van der Waals surface area contributed by atoms with E-state index in [9.17, 15) is 4.79 Å². The lowest BCUT2D eigenvalue weighted by molar-refractivity contribution is 0.112. The second kappa shape index (κ2) is 5.89. The minimum atomic E-state index is -0.220. The number of anilines is 1. The lowest BCUT2D eigenvalue weighted by Crippen LogP contribution is -2.34. The highest BCUT2D eigenvalue weighted by molar-refractivity contribution is 6.30. The van der Waals surface area contributed by atoms with Crippen LogP contribution in [0.4, 0.5) is 10.5 Å². The van der Waals surface area contributed by atoms with E-state index < -0.39 is 0 Å². The van der Waals surface area contributed by atoms with E-state index in [-0.39, 0.29) is 12.1 Å². The first-order chi connectivity index (χ1) is 8.24. The number of carbonyl (C=O) groups excluding carboxylic acids is 1. The van der Waals surface area contributed by atoms with Crippen LogP contribution in [0.3, 0.4) is 0 Å². The van der Waals surface area contributed by atoms with Gasteiger partial charge in [-0.25, -0.2) is 4.79 Å². The van der Waals surface area contributed by atoms with Crippen molar-refractivity contribution < 1.29 is 9.53 Å². The van der Waals surface area contributed by atoms with Crippen LogP contribution >= 0.6 is 11.6 Å². The summed E-state index contributed by atoms with van der Waals surface area (Å²) >= 11 is 5.75. The molecule has 5 heteroatoms. The average molecular weight is 255 g/mol. The minimum absolute atomic E-state index is 0.158. The van der Waals surface area contributed by atoms with Gasteiger partial charge < -0.3 is 15.4 Å². The van der Waals surface area contributed by atoms with Gasteiger partial charge in [-0.05, 0) is 37.1 Å². The van der Waals surface area contributed by atoms with Gasteiger partial charge in [0, 0.05) is 23.9 Å². The van der Waals surface area contributed by atoms with Crippen LogP contribution in [-0.2, 0) is 4.74 Å². The number of urea groups is 1. The highest BCUT2D eigenvalue weighted by Crippen LogP contribution is 2.13. The van der Waals surface area contributed by atoms with Gasteiger partial charge in [-0.15, -0.1) is 0 Å². The Balaban J connectivity index is 1.74. The molecule has 0 aliphatic carbocycles. The van der Waals surface area contributed by atoms with Crippen LogP contribution in [-0.4, -0.2) is 25.3 Å². The summed E-state index contributed by atoms with van der Waals surface area (Å²) < 4.78 is 5.41. The maximum absolute atomic E-state index is 11.5. The standard InChI is InChI=1S/C12H15ClN2O2/c13-9-3-5-10(6-4-9)15-12(16)14-8-11-2-1-7-17-11/h3-6,11H,1-2,7-8H2,(H2,14,15,16)/t11-/m0/s1. The van der Waals surface area contributed by atoms with Gasteiger partial charge in [-0.2, -0.15) is 0 Å². The van der Waals surface area contributed by atoms with Gasteiger partial charge >= 0.3 is 6.03 Å². The second-order valence-corrected chi connectivity index (χ2v) is 4.41. The molecule has 0 saturated carbocycles. The fourth-order valence-corrected chi connectivity index (χ4v) is 1.85. The lowest BCUT2D eigenvalue weighted by Gasteiger charge is -2.11. The molecule has 2 amide bonds. The number of amides is 2. The second-order valence-electron chi connectivity index (χ2n) is 3.98. The normalized spacial score (nSPS) is 19.0. The molecular weight excluding hydrogens is 240 g/mol. The van der Waals surface area contributed by atoms with Gasteiger partial charge in [0.1, 0.15) is 0 Å². The lowest BCUT2D eigenvalue weighted by atomic mass is 10.2. The van der Waals surface area contributed by atoms with E-state index in [1.807, 2.05) is 0 Å². The van der Waals surface area contributed by atoms with Crippen molar-refractivity contribution in [2.75, 3.05) is 18.5 Å². The first kappa shape index (κ1) is 12.2. The van der Waals surface area contributed by atoms with Crippen molar-refractivity contribution in [1.29, 1.82) is 0 Å². The Labute approximate surface area is 105 Å². The van der Waals surface area contributed by atoms with Crippen molar-refractivity contribution in [3.8, 4) is 0 Å². The van der Waals surface area contributed by atoms with E-state index in [2.05, 4.69) is 10.6 Å². The number of hydrogen-bond donors (Lipinski definition) is 2. The monoisotopic (exact) mass is 254 g/mol. The fourth-order valence-electron chi connectivity index (χ4n) is 1.72. The Morgan fingerprint density at radius 1 is 1.41 bits per heavy atom. The van der Waals surface area contributed by atoms with Gasteiger partial charge in [0.05, 0.1) is 6.10 Å². The molecular formula is C12H15ClN2O2. The van der Waals surface area contributed by atoms with E-state index >= 15 is 0 Å². The van der Waals surface area contributed by atoms with Crippen LogP contribution in [0.5, 0.6) is 0 Å². The van der Waals surface area contributed by atoms with Crippen molar-refractivity contribution in [1.82, 2.24) is 5.32 Å². The summed E-state index contributed by atoms with van der Waals surface area (Å²) in [6.45, 7) is 1.35. The van der Waals surface area contributed by atoms with Crippen LogP contribution in [0.2, 0.25) is 5.02 Å². The van der Waals surface area contributed by atoms with Crippen LogP contribution in [0.15, 0.2) is 24.3 Å². The van der Waals surface area contributed by atoms with Crippen molar-refractivity contribution in [3.05, 3.63) is 29.3 Å². The average Bonchev–Trinajstić information content (AvgIpc) is 2.83. The Morgan fingerprint density at radius 3 is 2.82 bits per heavy atom. The van der Waals surface area contributed by atoms with Crippen LogP contribution in [0, 0.1) is 0 Å². The number of nitrogens with one attached hydrogen (secondary N) is 2. The van der Waals surface area contributed by atoms with Crippen LogP contribution in [0.25, 0.3) is 0 Å². The third-order valence-corrected chi connectivity index (χ3v) is 2.87. The van der Waals surface area contributed by atoms with E-state index in [0.29, 0.717) is 11.6 Å². The molecule has 0 aromatic heterocycles. The maximum atomic E-state index is 11.5. The zero-order valence-corrected chi connectivity index (χ0v) is 10.2. The quantitative estimate of drug-likeness (QED) is 0.871. The number of carbonyl (C=O) groups is 1. The van der Waals surface area contributed by atoms with Gasteiger partial charge in [-0.1, -0.05) is 11.6 Å². The van der Waals surface area contributed by atoms with E-state index in [1.165, 1.54) is 0 Å². The van der Waals surface area contributed by atoms with E-state index in [0.717, 1.165) is 25.1 Å². The highest BCUT2D eigenvalue weighted by Gasteiger charge is 2.15. The minimum Gasteiger partial charge on any atom is -0.376 e. The van der Waals surface area contributed by atoms with Crippen molar-refractivity contribution in [2.45, 2.75) is 18.9 Å². The molecule has 1 aliphatic rings. The summed E-state index contributed by atoms with van der Waals surface area (Å²) in [7, 11) is 0. The maximum Gasteiger partial charge on any atom is 0.319 e. The smallest absolute Gasteiger partial charge is 0.319 e. The third-order valence-electron chi connectivity index (χ3n) is 2.62. The zero-order valence-electron chi connectivity index (χ0n) is 9.41. The van der Waals surface area contributed by atoms with Gasteiger partial charge in [0.2, 0.25) is 0 Å². The molecule has 4 nitrogen and oxygen atoms in total. The molecule has 0 spiro atoms. The summed E-state index contributed by atoms with van der Waals surface area (Å²) in [6.07, 6.45) is 2.25. The summed E-state index contributed by atoms with van der Waals surface area (Å²) in [5.74, 6) is 0. The summed E-state index contributed by atoms with van der Waals surface area (Å²) in [6, 6.07) is 6.76. The Morgan fingerprint density at radius 2 is 2.18 bits per heavy atom. The molecule has 17 heavy (non-hydrogen) atoms. The zero-order chi connectivity index (χ0) is 12.1. The fraction of sp³-hybridized carbons (Fsp3) is 0.417. The molecule has 2 rings (SSSR count). The van der Waals surface area contributed by atoms with E-state index in [4.69, 9.17) is 16.3 Å². The van der Waals surface area contributed by atoms with Gasteiger partial charge in [-0.3, -0.25) is 0 Å². The molecule has 1 heterocycles. The van der Waals surface area contributed by atoms with Crippen LogP contribution < -0.4 is 10.6 Å². The number of ether oxygens (including phenoxy) is 1. The number of halogens is 1. The first-order valence-electron chi connectivity index (χ1n) is 5.66. The number of hydrogen-bond acceptors (Lipinski definition) is 2. The number of benzene rings is 1. The molecule has 1 atom stereocenters. The molecule has 1 saturated heterocycles. The summed E-state index contributed by atoms with van der Waals surface area (Å²) in [5.41, 5.74) is 0.722. The first-order valence-corrected chi connectivity index (χ1v) is 6.04. The van der Waals surface area contributed by atoms with Crippen molar-refractivity contribution in [2.24, 2.45) is 0 Å². The third kappa shape index (κ3) is 3.91. The van der Waals surface area contributed by atoms with Crippen molar-refractivity contribution in [3.63, 3.8) is 0 Å². The van der Waals surface area contributed by atoms with Crippen molar-refractivity contribution >= 4 is 23.3 Å². The highest BCUT2D eigenvalue weighted by atomic mass is 35.5. The van der Waals surface area contributed by atoms with Crippen LogP contribution in [0.1, 0.15) is 12.8 Å². The summed E-state index contributed by atoms with van der Waals surface area (Å²) in [4.78, 5) is 11.5. The molecule has 1 aliphatic heterocycles. The van der Waals surface area contributed by atoms with Gasteiger partial charge in [0.15, 0.2) is 0 Å². The Bertz CT molecular complexity index is 375. The largest absolute Gasteiger partial charge is 0.376 e. The molecule has 0 radical (unpaired) electrons. The SMILES string of the molecule is O=C(NC[C@@H]1CCCO1)Nc1ccc(Cl)cc1. The van der Waals surface area contributed by atoms with E-state index in [1.54, 1.807) is 24.3 Å². The molecule has 1 aromatic carbocycles. The predicted molar refractivity (Wildman–Crippen MR) is 67.4 cm³/mol. The predicted octanol–water partition coefficient (Wildman–Crippen LogP) is 2.64. The molecule has 92 valence electrons.